The van der Waals surface area contributed by atoms with Crippen LogP contribution in [0, 0.1) is 5.92 Å². The molecule has 1 aromatic heterocycles. The van der Waals surface area contributed by atoms with Gasteiger partial charge in [-0.2, -0.15) is 0 Å². The lowest BCUT2D eigenvalue weighted by molar-refractivity contribution is 0.447. The minimum Gasteiger partial charge on any atom is -0.310 e. The highest BCUT2D eigenvalue weighted by Crippen LogP contribution is 2.22. The van der Waals surface area contributed by atoms with Gasteiger partial charge >= 0.3 is 0 Å². The molecule has 2 atom stereocenters. The minimum atomic E-state index is 0.713. The van der Waals surface area contributed by atoms with Crippen molar-refractivity contribution in [3.63, 3.8) is 0 Å². The van der Waals surface area contributed by atoms with Gasteiger partial charge in [0.2, 0.25) is 0 Å². The van der Waals surface area contributed by atoms with E-state index in [1.807, 2.05) is 18.5 Å². The number of hydrogen-bond acceptors (Lipinski definition) is 2. The first-order chi connectivity index (χ1) is 7.84. The van der Waals surface area contributed by atoms with E-state index in [0.29, 0.717) is 6.04 Å². The molecule has 1 heterocycles. The molecule has 1 aliphatic rings. The molecular weight excluding hydrogens is 196 g/mol. The zero-order valence-electron chi connectivity index (χ0n) is 10.2. The molecule has 0 saturated heterocycles. The van der Waals surface area contributed by atoms with E-state index in [1.165, 1.54) is 37.7 Å². The molecule has 1 N–H and O–H groups in total. The molecule has 1 aliphatic carbocycles. The average molecular weight is 218 g/mol. The monoisotopic (exact) mass is 218 g/mol. The van der Waals surface area contributed by atoms with Gasteiger partial charge in [0.05, 0.1) is 0 Å². The first-order valence-corrected chi connectivity index (χ1v) is 6.47. The van der Waals surface area contributed by atoms with Crippen molar-refractivity contribution in [1.82, 2.24) is 10.3 Å². The van der Waals surface area contributed by atoms with E-state index in [1.54, 1.807) is 0 Å². The van der Waals surface area contributed by atoms with Gasteiger partial charge in [-0.05, 0) is 36.8 Å². The molecule has 2 unspecified atom stereocenters. The van der Waals surface area contributed by atoms with Gasteiger partial charge in [0, 0.05) is 25.0 Å². The van der Waals surface area contributed by atoms with E-state index in [2.05, 4.69) is 23.3 Å². The van der Waals surface area contributed by atoms with Gasteiger partial charge in [0.15, 0.2) is 0 Å². The lowest BCUT2D eigenvalue weighted by atomic mass is 10.0. The summed E-state index contributed by atoms with van der Waals surface area (Å²) in [5.41, 5.74) is 1.29. The second-order valence-corrected chi connectivity index (χ2v) is 5.05. The molecule has 0 radical (unpaired) electrons. The predicted octanol–water partition coefficient (Wildman–Crippen LogP) is 3.14. The maximum Gasteiger partial charge on any atom is 0.0312 e. The van der Waals surface area contributed by atoms with Crippen LogP contribution < -0.4 is 5.32 Å². The van der Waals surface area contributed by atoms with E-state index >= 15 is 0 Å². The summed E-state index contributed by atoms with van der Waals surface area (Å²) >= 11 is 0. The van der Waals surface area contributed by atoms with Crippen molar-refractivity contribution >= 4 is 0 Å². The summed E-state index contributed by atoms with van der Waals surface area (Å²) in [5, 5.41) is 3.66. The summed E-state index contributed by atoms with van der Waals surface area (Å²) in [5.74, 6) is 0.921. The van der Waals surface area contributed by atoms with Crippen LogP contribution in [0.1, 0.15) is 44.6 Å². The molecule has 1 saturated carbocycles. The van der Waals surface area contributed by atoms with Crippen molar-refractivity contribution in [2.75, 3.05) is 0 Å². The Labute approximate surface area is 98.5 Å². The number of nitrogens with zero attached hydrogens (tertiary/aromatic N) is 1. The average Bonchev–Trinajstić information content (AvgIpc) is 2.53. The van der Waals surface area contributed by atoms with Gasteiger partial charge in [0.1, 0.15) is 0 Å². The van der Waals surface area contributed by atoms with Crippen LogP contribution in [0.2, 0.25) is 0 Å². The number of rotatable bonds is 3. The highest BCUT2D eigenvalue weighted by Gasteiger charge is 2.15. The summed E-state index contributed by atoms with van der Waals surface area (Å²) in [6, 6.07) is 4.86. The fraction of sp³-hybridized carbons (Fsp3) is 0.643. The van der Waals surface area contributed by atoms with Crippen LogP contribution >= 0.6 is 0 Å². The van der Waals surface area contributed by atoms with E-state index < -0.39 is 0 Å². The van der Waals surface area contributed by atoms with Crippen LogP contribution in [0.25, 0.3) is 0 Å². The van der Waals surface area contributed by atoms with Gasteiger partial charge in [-0.3, -0.25) is 4.98 Å². The predicted molar refractivity (Wildman–Crippen MR) is 67.1 cm³/mol. The summed E-state index contributed by atoms with van der Waals surface area (Å²) in [6.45, 7) is 3.34. The maximum absolute atomic E-state index is 4.14. The van der Waals surface area contributed by atoms with Crippen molar-refractivity contribution in [3.05, 3.63) is 30.1 Å². The minimum absolute atomic E-state index is 0.713. The second kappa shape index (κ2) is 6.00. The Bertz CT molecular complexity index is 297. The molecule has 1 aromatic rings. The number of hydrogen-bond donors (Lipinski definition) is 1. The molecule has 0 aromatic carbocycles. The number of nitrogens with one attached hydrogen (secondary N) is 1. The standard InChI is InChI=1S/C14H22N2/c1-12-4-2-6-14(8-7-12)16-11-13-5-3-9-15-10-13/h3,5,9-10,12,14,16H,2,4,6-8,11H2,1H3. The quantitative estimate of drug-likeness (QED) is 0.788. The Hall–Kier alpha value is -0.890. The molecule has 1 fully saturated rings. The highest BCUT2D eigenvalue weighted by atomic mass is 14.9. The molecule has 16 heavy (non-hydrogen) atoms. The SMILES string of the molecule is CC1CCCC(NCc2cccnc2)CC1. The highest BCUT2D eigenvalue weighted by molar-refractivity contribution is 5.08. The van der Waals surface area contributed by atoms with Gasteiger partial charge in [-0.1, -0.05) is 25.8 Å². The molecular formula is C14H22N2. The Morgan fingerprint density at radius 2 is 2.25 bits per heavy atom. The van der Waals surface area contributed by atoms with Crippen molar-refractivity contribution in [2.24, 2.45) is 5.92 Å². The molecule has 2 heteroatoms. The molecule has 2 nitrogen and oxygen atoms in total. The summed E-state index contributed by atoms with van der Waals surface area (Å²) in [7, 11) is 0. The smallest absolute Gasteiger partial charge is 0.0312 e. The lowest BCUT2D eigenvalue weighted by Gasteiger charge is -2.16. The van der Waals surface area contributed by atoms with E-state index in [-0.39, 0.29) is 0 Å². The normalized spacial score (nSPS) is 26.3. The Morgan fingerprint density at radius 1 is 1.31 bits per heavy atom. The number of aromatic nitrogens is 1. The third-order valence-corrected chi connectivity index (χ3v) is 3.58. The topological polar surface area (TPSA) is 24.9 Å². The van der Waals surface area contributed by atoms with Crippen LogP contribution in [0.15, 0.2) is 24.5 Å². The summed E-state index contributed by atoms with van der Waals surface area (Å²) in [4.78, 5) is 4.14. The van der Waals surface area contributed by atoms with Gasteiger partial charge < -0.3 is 5.32 Å². The second-order valence-electron chi connectivity index (χ2n) is 5.05. The third-order valence-electron chi connectivity index (χ3n) is 3.58. The Balaban J connectivity index is 1.77. The third kappa shape index (κ3) is 3.60. The molecule has 0 aliphatic heterocycles. The van der Waals surface area contributed by atoms with Crippen LogP contribution in [0.5, 0.6) is 0 Å². The summed E-state index contributed by atoms with van der Waals surface area (Å²) < 4.78 is 0. The molecule has 0 amide bonds. The van der Waals surface area contributed by atoms with Crippen molar-refractivity contribution < 1.29 is 0 Å². The zero-order valence-corrected chi connectivity index (χ0v) is 10.2. The van der Waals surface area contributed by atoms with E-state index in [4.69, 9.17) is 0 Å². The van der Waals surface area contributed by atoms with E-state index in [9.17, 15) is 0 Å². The van der Waals surface area contributed by atoms with E-state index in [0.717, 1.165) is 12.5 Å². The fourth-order valence-corrected chi connectivity index (χ4v) is 2.46. The molecule has 0 bridgehead atoms. The maximum atomic E-state index is 4.14. The van der Waals surface area contributed by atoms with Crippen LogP contribution in [-0.2, 0) is 6.54 Å². The van der Waals surface area contributed by atoms with Crippen molar-refractivity contribution in [3.8, 4) is 0 Å². The largest absolute Gasteiger partial charge is 0.310 e. The lowest BCUT2D eigenvalue weighted by Crippen LogP contribution is -2.27. The first-order valence-electron chi connectivity index (χ1n) is 6.47. The van der Waals surface area contributed by atoms with Gasteiger partial charge in [-0.15, -0.1) is 0 Å². The molecule has 0 spiro atoms. The van der Waals surface area contributed by atoms with Crippen LogP contribution in [0.3, 0.4) is 0 Å². The summed E-state index contributed by atoms with van der Waals surface area (Å²) in [6.07, 6.45) is 10.6. The molecule has 2 rings (SSSR count). The Kier molecular flexibility index (Phi) is 4.34. The fourth-order valence-electron chi connectivity index (χ4n) is 2.46. The van der Waals surface area contributed by atoms with Crippen molar-refractivity contribution in [1.29, 1.82) is 0 Å². The Morgan fingerprint density at radius 3 is 3.06 bits per heavy atom. The van der Waals surface area contributed by atoms with Gasteiger partial charge in [0.25, 0.3) is 0 Å². The van der Waals surface area contributed by atoms with Crippen molar-refractivity contribution in [2.45, 2.75) is 51.6 Å². The van der Waals surface area contributed by atoms with Crippen LogP contribution in [0.4, 0.5) is 0 Å². The zero-order chi connectivity index (χ0) is 11.2. The molecule has 88 valence electrons. The van der Waals surface area contributed by atoms with Crippen LogP contribution in [-0.4, -0.2) is 11.0 Å². The van der Waals surface area contributed by atoms with Gasteiger partial charge in [-0.25, -0.2) is 0 Å². The first kappa shape index (κ1) is 11.6. The number of pyridine rings is 1.